The van der Waals surface area contributed by atoms with E-state index in [1.807, 2.05) is 26.0 Å². The number of aryl methyl sites for hydroxylation is 3. The molecular formula is C31H37N3O. The quantitative estimate of drug-likeness (QED) is 0.256. The Labute approximate surface area is 209 Å². The molecule has 1 aromatic heterocycles. The summed E-state index contributed by atoms with van der Waals surface area (Å²) in [5.74, 6) is 1.70. The highest BCUT2D eigenvalue weighted by atomic mass is 16.1. The van der Waals surface area contributed by atoms with Crippen LogP contribution in [0.3, 0.4) is 0 Å². The molecule has 1 N–H and O–H groups in total. The highest BCUT2D eigenvalue weighted by molar-refractivity contribution is 5.95. The monoisotopic (exact) mass is 467 g/mol. The van der Waals surface area contributed by atoms with Gasteiger partial charge < -0.3 is 9.88 Å². The highest BCUT2D eigenvalue weighted by Gasteiger charge is 2.12. The summed E-state index contributed by atoms with van der Waals surface area (Å²) in [7, 11) is 0. The summed E-state index contributed by atoms with van der Waals surface area (Å²) in [4.78, 5) is 17.4. The van der Waals surface area contributed by atoms with Crippen molar-refractivity contribution in [3.05, 3.63) is 100 Å². The average Bonchev–Trinajstić information content (AvgIpc) is 3.18. The summed E-state index contributed by atoms with van der Waals surface area (Å²) in [6, 6.07) is 23.3. The molecule has 3 aromatic carbocycles. The molecule has 1 amide bonds. The van der Waals surface area contributed by atoms with E-state index in [0.29, 0.717) is 12.5 Å². The van der Waals surface area contributed by atoms with E-state index in [-0.39, 0.29) is 5.91 Å². The molecule has 4 nitrogen and oxygen atoms in total. The van der Waals surface area contributed by atoms with Gasteiger partial charge >= 0.3 is 0 Å². The van der Waals surface area contributed by atoms with E-state index in [4.69, 9.17) is 4.98 Å². The number of carbonyl (C=O) groups is 1. The molecule has 4 aromatic rings. The van der Waals surface area contributed by atoms with Crippen molar-refractivity contribution in [1.29, 1.82) is 0 Å². The number of unbranched alkanes of at least 4 members (excludes halogenated alkanes) is 2. The molecule has 0 aliphatic rings. The van der Waals surface area contributed by atoms with E-state index in [9.17, 15) is 4.79 Å². The maximum absolute atomic E-state index is 12.5. The fourth-order valence-corrected chi connectivity index (χ4v) is 4.63. The molecule has 182 valence electrons. The first-order valence-electron chi connectivity index (χ1n) is 12.8. The van der Waals surface area contributed by atoms with Crippen molar-refractivity contribution in [2.45, 2.75) is 65.8 Å². The third-order valence-electron chi connectivity index (χ3n) is 6.71. The molecule has 0 bridgehead atoms. The first kappa shape index (κ1) is 24.7. The Balaban J connectivity index is 1.33. The molecule has 4 rings (SSSR count). The van der Waals surface area contributed by atoms with Crippen LogP contribution in [-0.4, -0.2) is 22.0 Å². The Morgan fingerprint density at radius 2 is 1.71 bits per heavy atom. The van der Waals surface area contributed by atoms with Crippen molar-refractivity contribution >= 4 is 16.9 Å². The van der Waals surface area contributed by atoms with E-state index < -0.39 is 0 Å². The van der Waals surface area contributed by atoms with Gasteiger partial charge in [-0.3, -0.25) is 4.79 Å². The third-order valence-corrected chi connectivity index (χ3v) is 6.71. The van der Waals surface area contributed by atoms with Crippen LogP contribution in [0.15, 0.2) is 66.7 Å². The summed E-state index contributed by atoms with van der Waals surface area (Å²) >= 11 is 0. The van der Waals surface area contributed by atoms with Crippen LogP contribution < -0.4 is 5.32 Å². The number of fused-ring (bicyclic) bond motifs is 1. The van der Waals surface area contributed by atoms with Gasteiger partial charge in [-0.15, -0.1) is 0 Å². The summed E-state index contributed by atoms with van der Waals surface area (Å²) in [6.07, 6.45) is 4.01. The lowest BCUT2D eigenvalue weighted by Crippen LogP contribution is -2.25. The first-order chi connectivity index (χ1) is 16.9. The van der Waals surface area contributed by atoms with E-state index in [1.165, 1.54) is 22.2 Å². The van der Waals surface area contributed by atoms with E-state index >= 15 is 0 Å². The van der Waals surface area contributed by atoms with Crippen molar-refractivity contribution in [2.24, 2.45) is 0 Å². The molecular weight excluding hydrogens is 430 g/mol. The van der Waals surface area contributed by atoms with Gasteiger partial charge in [-0.2, -0.15) is 0 Å². The summed E-state index contributed by atoms with van der Waals surface area (Å²) in [5, 5.41) is 3.08. The normalized spacial score (nSPS) is 11.3. The Hall–Kier alpha value is -3.40. The van der Waals surface area contributed by atoms with Crippen molar-refractivity contribution in [1.82, 2.24) is 14.9 Å². The fraction of sp³-hybridized carbons (Fsp3) is 0.355. The smallest absolute Gasteiger partial charge is 0.251 e. The topological polar surface area (TPSA) is 46.9 Å². The molecule has 1 heterocycles. The SMILES string of the molecule is Cc1ccc(C(=O)NCCCCCc2nc3ccccc3n2Cc2ccc(C(C)C)cc2)c(C)c1. The molecule has 0 saturated carbocycles. The van der Waals surface area contributed by atoms with Crippen molar-refractivity contribution in [3.63, 3.8) is 0 Å². The van der Waals surface area contributed by atoms with Crippen LogP contribution in [0.25, 0.3) is 11.0 Å². The standard InChI is InChI=1S/C31H37N3O/c1-22(2)26-16-14-25(15-17-26)21-34-29-11-8-7-10-28(29)33-30(34)12-6-5-9-19-32-31(35)27-18-13-23(3)20-24(27)4/h7-8,10-11,13-18,20,22H,5-6,9,12,19,21H2,1-4H3,(H,32,35). The number of hydrogen-bond acceptors (Lipinski definition) is 2. The second kappa shape index (κ2) is 11.4. The van der Waals surface area contributed by atoms with E-state index in [1.54, 1.807) is 0 Å². The molecule has 0 aliphatic carbocycles. The lowest BCUT2D eigenvalue weighted by molar-refractivity contribution is 0.0952. The second-order valence-corrected chi connectivity index (χ2v) is 9.88. The minimum absolute atomic E-state index is 0.0211. The summed E-state index contributed by atoms with van der Waals surface area (Å²) in [6.45, 7) is 10.0. The van der Waals surface area contributed by atoms with Gasteiger partial charge in [0.2, 0.25) is 0 Å². The van der Waals surface area contributed by atoms with Crippen LogP contribution in [0.1, 0.15) is 77.5 Å². The zero-order chi connectivity index (χ0) is 24.8. The van der Waals surface area contributed by atoms with Crippen LogP contribution in [0.4, 0.5) is 0 Å². The van der Waals surface area contributed by atoms with Crippen LogP contribution in [0, 0.1) is 13.8 Å². The zero-order valence-electron chi connectivity index (χ0n) is 21.5. The largest absolute Gasteiger partial charge is 0.352 e. The van der Waals surface area contributed by atoms with Gasteiger partial charge in [-0.25, -0.2) is 4.98 Å². The first-order valence-corrected chi connectivity index (χ1v) is 12.8. The average molecular weight is 468 g/mol. The summed E-state index contributed by atoms with van der Waals surface area (Å²) in [5.41, 5.74) is 7.89. The van der Waals surface area contributed by atoms with Gasteiger partial charge in [0.1, 0.15) is 5.82 Å². The number of imidazole rings is 1. The van der Waals surface area contributed by atoms with Crippen LogP contribution >= 0.6 is 0 Å². The number of rotatable bonds is 10. The number of hydrogen-bond donors (Lipinski definition) is 1. The molecule has 0 unspecified atom stereocenters. The number of amides is 1. The third kappa shape index (κ3) is 6.19. The van der Waals surface area contributed by atoms with Crippen molar-refractivity contribution in [2.75, 3.05) is 6.54 Å². The Morgan fingerprint density at radius 1 is 0.943 bits per heavy atom. The van der Waals surface area contributed by atoms with Crippen molar-refractivity contribution in [3.8, 4) is 0 Å². The van der Waals surface area contributed by atoms with Crippen molar-refractivity contribution < 1.29 is 4.79 Å². The van der Waals surface area contributed by atoms with Gasteiger partial charge in [-0.05, 0) is 67.5 Å². The number of carbonyl (C=O) groups excluding carboxylic acids is 1. The van der Waals surface area contributed by atoms with Gasteiger partial charge in [-0.1, -0.05) is 74.4 Å². The predicted molar refractivity (Wildman–Crippen MR) is 145 cm³/mol. The Kier molecular flexibility index (Phi) is 8.02. The number of aromatic nitrogens is 2. The summed E-state index contributed by atoms with van der Waals surface area (Å²) < 4.78 is 2.36. The number of nitrogens with zero attached hydrogens (tertiary/aromatic N) is 2. The molecule has 0 saturated heterocycles. The van der Waals surface area contributed by atoms with Gasteiger partial charge in [0.15, 0.2) is 0 Å². The number of nitrogens with one attached hydrogen (secondary N) is 1. The van der Waals surface area contributed by atoms with Crippen LogP contribution in [-0.2, 0) is 13.0 Å². The van der Waals surface area contributed by atoms with Gasteiger partial charge in [0.25, 0.3) is 5.91 Å². The molecule has 4 heteroatoms. The molecule has 0 radical (unpaired) electrons. The number of para-hydroxylation sites is 2. The van der Waals surface area contributed by atoms with Gasteiger partial charge in [0.05, 0.1) is 11.0 Å². The molecule has 0 atom stereocenters. The fourth-order valence-electron chi connectivity index (χ4n) is 4.63. The molecule has 35 heavy (non-hydrogen) atoms. The number of benzene rings is 3. The van der Waals surface area contributed by atoms with Gasteiger partial charge in [0, 0.05) is 25.1 Å². The van der Waals surface area contributed by atoms with Crippen LogP contribution in [0.2, 0.25) is 0 Å². The maximum Gasteiger partial charge on any atom is 0.251 e. The van der Waals surface area contributed by atoms with E-state index in [0.717, 1.165) is 54.7 Å². The minimum Gasteiger partial charge on any atom is -0.352 e. The van der Waals surface area contributed by atoms with E-state index in [2.05, 4.69) is 78.3 Å². The lowest BCUT2D eigenvalue weighted by Gasteiger charge is -2.12. The Morgan fingerprint density at radius 3 is 2.46 bits per heavy atom. The lowest BCUT2D eigenvalue weighted by atomic mass is 10.0. The molecule has 0 aliphatic heterocycles. The second-order valence-electron chi connectivity index (χ2n) is 9.88. The maximum atomic E-state index is 12.5. The Bertz CT molecular complexity index is 1280. The molecule has 0 spiro atoms. The molecule has 0 fully saturated rings. The minimum atomic E-state index is 0.0211. The zero-order valence-corrected chi connectivity index (χ0v) is 21.5. The predicted octanol–water partition coefficient (Wildman–Crippen LogP) is 6.97. The van der Waals surface area contributed by atoms with Crippen LogP contribution in [0.5, 0.6) is 0 Å². The highest BCUT2D eigenvalue weighted by Crippen LogP contribution is 2.21.